The molecule has 0 saturated carbocycles. The van der Waals surface area contributed by atoms with Crippen molar-refractivity contribution in [1.82, 2.24) is 4.98 Å². The molecule has 0 fully saturated rings. The van der Waals surface area contributed by atoms with Gasteiger partial charge in [-0.2, -0.15) is 11.8 Å². The van der Waals surface area contributed by atoms with Crippen LogP contribution in [0.5, 0.6) is 0 Å². The van der Waals surface area contributed by atoms with Gasteiger partial charge in [-0.1, -0.05) is 13.3 Å². The van der Waals surface area contributed by atoms with Crippen molar-refractivity contribution < 1.29 is 4.79 Å². The lowest BCUT2D eigenvalue weighted by Crippen LogP contribution is -1.95. The van der Waals surface area contributed by atoms with Gasteiger partial charge in [-0.3, -0.25) is 4.79 Å². The number of ketones is 1. The summed E-state index contributed by atoms with van der Waals surface area (Å²) in [6, 6.07) is 0. The third-order valence-corrected chi connectivity index (χ3v) is 3.76. The molecule has 1 rings (SSSR count). The molecule has 0 radical (unpaired) electrons. The first-order valence-corrected chi connectivity index (χ1v) is 6.88. The van der Waals surface area contributed by atoms with Gasteiger partial charge in [0.2, 0.25) is 0 Å². The highest BCUT2D eigenvalue weighted by Gasteiger charge is 2.13. The van der Waals surface area contributed by atoms with Crippen molar-refractivity contribution in [2.75, 3.05) is 6.26 Å². The fraction of sp³-hybridized carbons (Fsp3) is 0.600. The fourth-order valence-corrected chi connectivity index (χ4v) is 2.97. The normalized spacial score (nSPS) is 10.5. The molecule has 0 unspecified atom stereocenters. The van der Waals surface area contributed by atoms with Gasteiger partial charge in [-0.25, -0.2) is 4.98 Å². The number of thioether (sulfide) groups is 1. The highest BCUT2D eigenvalue weighted by atomic mass is 32.2. The molecule has 4 heteroatoms. The summed E-state index contributed by atoms with van der Waals surface area (Å²) < 4.78 is 0. The van der Waals surface area contributed by atoms with Crippen LogP contribution < -0.4 is 0 Å². The lowest BCUT2D eigenvalue weighted by Gasteiger charge is -1.94. The van der Waals surface area contributed by atoms with E-state index in [0.717, 1.165) is 34.2 Å². The average molecular weight is 229 g/mol. The largest absolute Gasteiger partial charge is 0.294 e. The standard InChI is InChI=1S/C10H15NOS2/c1-4-5-8-10(7(2)12)14-9(11-8)6-13-3/h4-6H2,1-3H3. The molecule has 0 atom stereocenters. The van der Waals surface area contributed by atoms with E-state index < -0.39 is 0 Å². The average Bonchev–Trinajstić information content (AvgIpc) is 2.49. The summed E-state index contributed by atoms with van der Waals surface area (Å²) in [4.78, 5) is 16.7. The highest BCUT2D eigenvalue weighted by Crippen LogP contribution is 2.23. The number of nitrogens with zero attached hydrogens (tertiary/aromatic N) is 1. The molecule has 0 aliphatic heterocycles. The minimum absolute atomic E-state index is 0.151. The van der Waals surface area contributed by atoms with Crippen LogP contribution in [-0.2, 0) is 12.2 Å². The van der Waals surface area contributed by atoms with E-state index in [4.69, 9.17) is 0 Å². The molecule has 14 heavy (non-hydrogen) atoms. The monoisotopic (exact) mass is 229 g/mol. The second-order valence-corrected chi connectivity index (χ2v) is 5.07. The van der Waals surface area contributed by atoms with Crippen LogP contribution in [0.1, 0.15) is 40.6 Å². The van der Waals surface area contributed by atoms with Crippen molar-refractivity contribution in [2.24, 2.45) is 0 Å². The third-order valence-electron chi connectivity index (χ3n) is 1.82. The van der Waals surface area contributed by atoms with Crippen molar-refractivity contribution >= 4 is 28.9 Å². The minimum atomic E-state index is 0.151. The minimum Gasteiger partial charge on any atom is -0.294 e. The van der Waals surface area contributed by atoms with Gasteiger partial charge in [0, 0.05) is 12.7 Å². The topological polar surface area (TPSA) is 30.0 Å². The van der Waals surface area contributed by atoms with E-state index in [1.165, 1.54) is 0 Å². The summed E-state index contributed by atoms with van der Waals surface area (Å²) in [5, 5.41) is 1.08. The zero-order valence-corrected chi connectivity index (χ0v) is 10.4. The molecular weight excluding hydrogens is 214 g/mol. The van der Waals surface area contributed by atoms with Crippen LogP contribution in [-0.4, -0.2) is 17.0 Å². The third kappa shape index (κ3) is 2.82. The SMILES string of the molecule is CCCc1nc(CSC)sc1C(C)=O. The molecule has 0 saturated heterocycles. The molecule has 0 aliphatic rings. The maximum absolute atomic E-state index is 11.3. The van der Waals surface area contributed by atoms with Crippen LogP contribution in [0.25, 0.3) is 0 Å². The molecule has 1 aromatic rings. The van der Waals surface area contributed by atoms with E-state index in [2.05, 4.69) is 11.9 Å². The number of aromatic nitrogens is 1. The van der Waals surface area contributed by atoms with Gasteiger partial charge in [0.1, 0.15) is 5.01 Å². The second kappa shape index (κ2) is 5.51. The van der Waals surface area contributed by atoms with E-state index in [0.29, 0.717) is 0 Å². The molecule has 2 nitrogen and oxygen atoms in total. The molecular formula is C10H15NOS2. The van der Waals surface area contributed by atoms with E-state index in [-0.39, 0.29) is 5.78 Å². The van der Waals surface area contributed by atoms with Crippen LogP contribution in [0.15, 0.2) is 0 Å². The highest BCUT2D eigenvalue weighted by molar-refractivity contribution is 7.97. The Morgan fingerprint density at radius 2 is 2.29 bits per heavy atom. The number of hydrogen-bond acceptors (Lipinski definition) is 4. The lowest BCUT2D eigenvalue weighted by molar-refractivity contribution is 0.102. The summed E-state index contributed by atoms with van der Waals surface area (Å²) in [7, 11) is 0. The number of carbonyl (C=O) groups excluding carboxylic acids is 1. The van der Waals surface area contributed by atoms with Crippen molar-refractivity contribution in [3.05, 3.63) is 15.6 Å². The quantitative estimate of drug-likeness (QED) is 0.726. The van der Waals surface area contributed by atoms with Crippen LogP contribution in [0, 0.1) is 0 Å². The fourth-order valence-electron chi connectivity index (χ4n) is 1.27. The molecule has 0 amide bonds. The van der Waals surface area contributed by atoms with Crippen LogP contribution in [0.4, 0.5) is 0 Å². The molecule has 0 spiro atoms. The summed E-state index contributed by atoms with van der Waals surface area (Å²) in [5.41, 5.74) is 0.994. The molecule has 1 heterocycles. The number of thiazole rings is 1. The predicted molar refractivity (Wildman–Crippen MR) is 63.3 cm³/mol. The molecule has 0 aliphatic carbocycles. The Kier molecular flexibility index (Phi) is 4.62. The Bertz CT molecular complexity index is 320. The van der Waals surface area contributed by atoms with Gasteiger partial charge < -0.3 is 0 Å². The van der Waals surface area contributed by atoms with Crippen molar-refractivity contribution in [2.45, 2.75) is 32.4 Å². The molecule has 0 aromatic carbocycles. The van der Waals surface area contributed by atoms with Gasteiger partial charge in [-0.05, 0) is 12.7 Å². The maximum atomic E-state index is 11.3. The molecule has 78 valence electrons. The zero-order chi connectivity index (χ0) is 10.6. The number of Topliss-reactive ketones (excluding diaryl/α,β-unsaturated/α-hetero) is 1. The van der Waals surface area contributed by atoms with Gasteiger partial charge in [0.05, 0.1) is 10.6 Å². The number of aryl methyl sites for hydroxylation is 1. The predicted octanol–water partition coefficient (Wildman–Crippen LogP) is 3.16. The number of hydrogen-bond donors (Lipinski definition) is 0. The van der Waals surface area contributed by atoms with Gasteiger partial charge in [-0.15, -0.1) is 11.3 Å². The van der Waals surface area contributed by atoms with E-state index >= 15 is 0 Å². The first-order chi connectivity index (χ1) is 6.69. The van der Waals surface area contributed by atoms with E-state index in [1.807, 2.05) is 6.26 Å². The second-order valence-electron chi connectivity index (χ2n) is 3.12. The smallest absolute Gasteiger partial charge is 0.171 e. The molecule has 1 aromatic heterocycles. The Hall–Kier alpha value is -0.350. The molecule has 0 bridgehead atoms. The van der Waals surface area contributed by atoms with Gasteiger partial charge in [0.15, 0.2) is 5.78 Å². The maximum Gasteiger partial charge on any atom is 0.171 e. The summed E-state index contributed by atoms with van der Waals surface area (Å²) in [6.45, 7) is 3.73. The lowest BCUT2D eigenvalue weighted by atomic mass is 10.2. The van der Waals surface area contributed by atoms with Crippen LogP contribution in [0.3, 0.4) is 0 Å². The summed E-state index contributed by atoms with van der Waals surface area (Å²) in [5.74, 6) is 1.06. The van der Waals surface area contributed by atoms with E-state index in [9.17, 15) is 4.79 Å². The number of rotatable bonds is 5. The number of carbonyl (C=O) groups is 1. The molecule has 0 N–H and O–H groups in total. The Morgan fingerprint density at radius 3 is 2.79 bits per heavy atom. The first-order valence-electron chi connectivity index (χ1n) is 4.67. The first kappa shape index (κ1) is 11.7. The van der Waals surface area contributed by atoms with Crippen molar-refractivity contribution in [3.63, 3.8) is 0 Å². The Labute approximate surface area is 93.1 Å². The van der Waals surface area contributed by atoms with E-state index in [1.54, 1.807) is 30.0 Å². The van der Waals surface area contributed by atoms with Crippen LogP contribution >= 0.6 is 23.1 Å². The summed E-state index contributed by atoms with van der Waals surface area (Å²) >= 11 is 3.29. The van der Waals surface area contributed by atoms with Gasteiger partial charge >= 0.3 is 0 Å². The Balaban J connectivity index is 2.93. The Morgan fingerprint density at radius 1 is 1.57 bits per heavy atom. The van der Waals surface area contributed by atoms with Gasteiger partial charge in [0.25, 0.3) is 0 Å². The van der Waals surface area contributed by atoms with Crippen molar-refractivity contribution in [3.8, 4) is 0 Å². The summed E-state index contributed by atoms with van der Waals surface area (Å²) in [6.07, 6.45) is 4.01. The zero-order valence-electron chi connectivity index (χ0n) is 8.79. The van der Waals surface area contributed by atoms with Crippen LogP contribution in [0.2, 0.25) is 0 Å². The van der Waals surface area contributed by atoms with Crippen molar-refractivity contribution in [1.29, 1.82) is 0 Å².